The van der Waals surface area contributed by atoms with Gasteiger partial charge in [0, 0.05) is 25.2 Å². The van der Waals surface area contributed by atoms with Crippen molar-refractivity contribution in [2.24, 2.45) is 11.1 Å². The number of amides is 3. The lowest BCUT2D eigenvalue weighted by Crippen LogP contribution is -2.34. The first-order valence-corrected chi connectivity index (χ1v) is 6.97. The predicted octanol–water partition coefficient (Wildman–Crippen LogP) is 0.792. The molecule has 1 aliphatic heterocycles. The number of benzene rings is 1. The monoisotopic (exact) mass is 305 g/mol. The van der Waals surface area contributed by atoms with Crippen molar-refractivity contribution in [3.63, 3.8) is 0 Å². The molecule has 1 heterocycles. The van der Waals surface area contributed by atoms with Gasteiger partial charge in [0.05, 0.1) is 5.41 Å². The Morgan fingerprint density at radius 1 is 1.32 bits per heavy atom. The van der Waals surface area contributed by atoms with Gasteiger partial charge in [-0.15, -0.1) is 0 Å². The molecule has 0 aliphatic carbocycles. The molecule has 1 fully saturated rings. The number of aliphatic carboxylic acids is 1. The average Bonchev–Trinajstić information content (AvgIpc) is 2.89. The lowest BCUT2D eigenvalue weighted by molar-refractivity contribution is -0.147. The fourth-order valence-corrected chi connectivity index (χ4v) is 2.45. The first-order valence-electron chi connectivity index (χ1n) is 6.97. The molecule has 3 amide bonds. The molecular weight excluding hydrogens is 286 g/mol. The fraction of sp³-hybridized carbons (Fsp3) is 0.400. The third-order valence-corrected chi connectivity index (χ3v) is 3.94. The number of nitrogens with two attached hydrogens (primary N) is 1. The van der Waals surface area contributed by atoms with E-state index in [0.717, 1.165) is 5.56 Å². The quantitative estimate of drug-likeness (QED) is 0.763. The summed E-state index contributed by atoms with van der Waals surface area (Å²) in [5, 5.41) is 11.7. The summed E-state index contributed by atoms with van der Waals surface area (Å²) in [5.41, 5.74) is 5.44. The summed E-state index contributed by atoms with van der Waals surface area (Å²) in [6.45, 7) is 2.60. The van der Waals surface area contributed by atoms with Gasteiger partial charge in [-0.25, -0.2) is 4.79 Å². The summed E-state index contributed by atoms with van der Waals surface area (Å²) >= 11 is 0. The standard InChI is InChI=1S/C15H19N3O4/c1-15(13(20)21)6-7-18(9-15)12(19)11-4-2-10(3-5-11)8-17-14(16)22/h2-5H,6-9H2,1H3,(H,20,21)(H3,16,17,22). The average molecular weight is 305 g/mol. The molecule has 1 aromatic rings. The van der Waals surface area contributed by atoms with Crippen LogP contribution >= 0.6 is 0 Å². The maximum absolute atomic E-state index is 12.4. The van der Waals surface area contributed by atoms with Crippen LogP contribution < -0.4 is 11.1 Å². The summed E-state index contributed by atoms with van der Waals surface area (Å²) in [5.74, 6) is -1.06. The normalized spacial score (nSPS) is 20.7. The highest BCUT2D eigenvalue weighted by Gasteiger charge is 2.42. The van der Waals surface area contributed by atoms with Gasteiger partial charge in [-0.2, -0.15) is 0 Å². The van der Waals surface area contributed by atoms with E-state index < -0.39 is 17.4 Å². The Bertz CT molecular complexity index is 599. The largest absolute Gasteiger partial charge is 0.481 e. The van der Waals surface area contributed by atoms with E-state index in [4.69, 9.17) is 5.73 Å². The molecule has 118 valence electrons. The minimum atomic E-state index is -0.879. The van der Waals surface area contributed by atoms with Crippen LogP contribution in [0.2, 0.25) is 0 Å². The van der Waals surface area contributed by atoms with Crippen molar-refractivity contribution in [2.45, 2.75) is 19.9 Å². The van der Waals surface area contributed by atoms with E-state index in [9.17, 15) is 19.5 Å². The molecule has 22 heavy (non-hydrogen) atoms. The van der Waals surface area contributed by atoms with E-state index in [2.05, 4.69) is 5.32 Å². The molecule has 4 N–H and O–H groups in total. The van der Waals surface area contributed by atoms with Crippen molar-refractivity contribution in [2.75, 3.05) is 13.1 Å². The molecular formula is C15H19N3O4. The number of hydrogen-bond donors (Lipinski definition) is 3. The fourth-order valence-electron chi connectivity index (χ4n) is 2.45. The van der Waals surface area contributed by atoms with Gasteiger partial charge >= 0.3 is 12.0 Å². The van der Waals surface area contributed by atoms with E-state index in [1.807, 2.05) is 0 Å². The van der Waals surface area contributed by atoms with Crippen LogP contribution in [0.4, 0.5) is 4.79 Å². The second-order valence-electron chi connectivity index (χ2n) is 5.76. The molecule has 1 atom stereocenters. The van der Waals surface area contributed by atoms with Gasteiger partial charge in [0.25, 0.3) is 5.91 Å². The van der Waals surface area contributed by atoms with Crippen LogP contribution in [0.5, 0.6) is 0 Å². The SMILES string of the molecule is CC1(C(=O)O)CCN(C(=O)c2ccc(CNC(N)=O)cc2)C1. The van der Waals surface area contributed by atoms with Gasteiger partial charge in [0.15, 0.2) is 0 Å². The molecule has 1 unspecified atom stereocenters. The zero-order chi connectivity index (χ0) is 16.3. The first-order chi connectivity index (χ1) is 10.3. The van der Waals surface area contributed by atoms with Crippen LogP contribution in [-0.4, -0.2) is 41.0 Å². The molecule has 0 spiro atoms. The highest BCUT2D eigenvalue weighted by Crippen LogP contribution is 2.30. The number of carbonyl (C=O) groups excluding carboxylic acids is 2. The van der Waals surface area contributed by atoms with Crippen molar-refractivity contribution in [1.82, 2.24) is 10.2 Å². The maximum Gasteiger partial charge on any atom is 0.312 e. The number of nitrogens with zero attached hydrogens (tertiary/aromatic N) is 1. The van der Waals surface area contributed by atoms with Crippen molar-refractivity contribution >= 4 is 17.9 Å². The molecule has 1 aromatic carbocycles. The molecule has 0 saturated carbocycles. The number of likely N-dealkylation sites (tertiary alicyclic amines) is 1. The number of carboxylic acid groups (broad SMARTS) is 1. The number of primary amides is 1. The molecule has 7 nitrogen and oxygen atoms in total. The Hall–Kier alpha value is -2.57. The number of carboxylic acids is 1. The summed E-state index contributed by atoms with van der Waals surface area (Å²) in [6.07, 6.45) is 0.453. The second kappa shape index (κ2) is 6.05. The molecule has 7 heteroatoms. The van der Waals surface area contributed by atoms with Gasteiger partial charge in [0.2, 0.25) is 0 Å². The first kappa shape index (κ1) is 15.8. The Labute approximate surface area is 128 Å². The number of carbonyl (C=O) groups is 3. The predicted molar refractivity (Wildman–Crippen MR) is 79.1 cm³/mol. The van der Waals surface area contributed by atoms with Crippen molar-refractivity contribution in [1.29, 1.82) is 0 Å². The van der Waals surface area contributed by atoms with Gasteiger partial charge in [-0.05, 0) is 31.0 Å². The lowest BCUT2D eigenvalue weighted by Gasteiger charge is -2.20. The highest BCUT2D eigenvalue weighted by molar-refractivity contribution is 5.95. The number of rotatable bonds is 4. The summed E-state index contributed by atoms with van der Waals surface area (Å²) in [4.78, 5) is 35.8. The minimum Gasteiger partial charge on any atom is -0.481 e. The zero-order valence-corrected chi connectivity index (χ0v) is 12.3. The zero-order valence-electron chi connectivity index (χ0n) is 12.3. The number of nitrogens with one attached hydrogen (secondary N) is 1. The molecule has 0 bridgehead atoms. The van der Waals surface area contributed by atoms with E-state index in [0.29, 0.717) is 25.1 Å². The molecule has 1 aliphatic rings. The van der Waals surface area contributed by atoms with Crippen molar-refractivity contribution in [3.8, 4) is 0 Å². The Balaban J connectivity index is 2.02. The second-order valence-corrected chi connectivity index (χ2v) is 5.76. The van der Waals surface area contributed by atoms with Crippen LogP contribution in [0.3, 0.4) is 0 Å². The summed E-state index contributed by atoms with van der Waals surface area (Å²) in [6, 6.07) is 6.18. The van der Waals surface area contributed by atoms with Crippen LogP contribution in [0.15, 0.2) is 24.3 Å². The molecule has 0 aromatic heterocycles. The van der Waals surface area contributed by atoms with Crippen LogP contribution in [0.25, 0.3) is 0 Å². The van der Waals surface area contributed by atoms with Gasteiger partial charge < -0.3 is 21.1 Å². The number of hydrogen-bond acceptors (Lipinski definition) is 3. The highest BCUT2D eigenvalue weighted by atomic mass is 16.4. The van der Waals surface area contributed by atoms with Crippen LogP contribution in [-0.2, 0) is 11.3 Å². The summed E-state index contributed by atoms with van der Waals surface area (Å²) in [7, 11) is 0. The van der Waals surface area contributed by atoms with E-state index >= 15 is 0 Å². The topological polar surface area (TPSA) is 113 Å². The third kappa shape index (κ3) is 3.36. The van der Waals surface area contributed by atoms with Gasteiger partial charge in [-0.3, -0.25) is 9.59 Å². The van der Waals surface area contributed by atoms with E-state index in [1.165, 1.54) is 0 Å². The Kier molecular flexibility index (Phi) is 4.35. The third-order valence-electron chi connectivity index (χ3n) is 3.94. The minimum absolute atomic E-state index is 0.181. The summed E-state index contributed by atoms with van der Waals surface area (Å²) < 4.78 is 0. The molecule has 1 saturated heterocycles. The van der Waals surface area contributed by atoms with Crippen LogP contribution in [0, 0.1) is 5.41 Å². The van der Waals surface area contributed by atoms with Crippen molar-refractivity contribution < 1.29 is 19.5 Å². The molecule has 2 rings (SSSR count). The van der Waals surface area contributed by atoms with Crippen LogP contribution in [0.1, 0.15) is 29.3 Å². The lowest BCUT2D eigenvalue weighted by atomic mass is 9.90. The van der Waals surface area contributed by atoms with E-state index in [1.54, 1.807) is 36.1 Å². The van der Waals surface area contributed by atoms with E-state index in [-0.39, 0.29) is 12.5 Å². The Morgan fingerprint density at radius 3 is 2.45 bits per heavy atom. The molecule has 0 radical (unpaired) electrons. The maximum atomic E-state index is 12.4. The van der Waals surface area contributed by atoms with Gasteiger partial charge in [0.1, 0.15) is 0 Å². The smallest absolute Gasteiger partial charge is 0.312 e. The Morgan fingerprint density at radius 2 is 1.95 bits per heavy atom. The van der Waals surface area contributed by atoms with Gasteiger partial charge in [-0.1, -0.05) is 12.1 Å². The number of urea groups is 1. The van der Waals surface area contributed by atoms with Crippen molar-refractivity contribution in [3.05, 3.63) is 35.4 Å².